The minimum atomic E-state index is -0.320. The SMILES string of the molecule is COC(=O)c1ccc2nc3c(c(C)c2c1)CCc1c-3c(C)nn1C. The molecule has 24 heavy (non-hydrogen) atoms. The summed E-state index contributed by atoms with van der Waals surface area (Å²) in [7, 11) is 3.39. The Hall–Kier alpha value is -2.69. The van der Waals surface area contributed by atoms with Crippen molar-refractivity contribution < 1.29 is 9.53 Å². The molecule has 4 rings (SSSR count). The summed E-state index contributed by atoms with van der Waals surface area (Å²) >= 11 is 0. The lowest BCUT2D eigenvalue weighted by Gasteiger charge is -2.20. The van der Waals surface area contributed by atoms with Gasteiger partial charge in [0.15, 0.2) is 0 Å². The number of hydrogen-bond acceptors (Lipinski definition) is 4. The molecule has 122 valence electrons. The third kappa shape index (κ3) is 1.97. The van der Waals surface area contributed by atoms with Crippen LogP contribution in [0.25, 0.3) is 22.2 Å². The van der Waals surface area contributed by atoms with Crippen molar-refractivity contribution in [1.82, 2.24) is 14.8 Å². The van der Waals surface area contributed by atoms with E-state index in [1.54, 1.807) is 6.07 Å². The van der Waals surface area contributed by atoms with Crippen LogP contribution >= 0.6 is 0 Å². The van der Waals surface area contributed by atoms with Gasteiger partial charge >= 0.3 is 5.97 Å². The number of aromatic nitrogens is 3. The molecule has 1 aliphatic rings. The fourth-order valence-corrected chi connectivity index (χ4v) is 3.76. The average Bonchev–Trinajstić information content (AvgIpc) is 2.88. The number of methoxy groups -OCH3 is 1. The Morgan fingerprint density at radius 2 is 2.04 bits per heavy atom. The molecule has 0 bridgehead atoms. The molecule has 0 fully saturated rings. The normalized spacial score (nSPS) is 12.8. The number of benzene rings is 1. The van der Waals surface area contributed by atoms with E-state index >= 15 is 0 Å². The number of fused-ring (bicyclic) bond motifs is 4. The summed E-state index contributed by atoms with van der Waals surface area (Å²) in [5.74, 6) is -0.320. The highest BCUT2D eigenvalue weighted by Crippen LogP contribution is 2.38. The van der Waals surface area contributed by atoms with Crippen LogP contribution in [0, 0.1) is 13.8 Å². The number of nitrogens with zero attached hydrogens (tertiary/aromatic N) is 3. The number of ether oxygens (including phenoxy) is 1. The number of rotatable bonds is 1. The second-order valence-corrected chi connectivity index (χ2v) is 6.32. The van der Waals surface area contributed by atoms with E-state index in [0.717, 1.165) is 35.1 Å². The largest absolute Gasteiger partial charge is 0.465 e. The number of esters is 1. The van der Waals surface area contributed by atoms with Crippen LogP contribution in [0.15, 0.2) is 18.2 Å². The van der Waals surface area contributed by atoms with Gasteiger partial charge in [-0.05, 0) is 56.0 Å². The Kier molecular flexibility index (Phi) is 3.20. The summed E-state index contributed by atoms with van der Waals surface area (Å²) in [5, 5.41) is 5.58. The highest BCUT2D eigenvalue weighted by molar-refractivity contribution is 5.96. The molecule has 0 spiro atoms. The molecule has 0 saturated heterocycles. The maximum absolute atomic E-state index is 11.8. The molecule has 2 aromatic heterocycles. The van der Waals surface area contributed by atoms with Gasteiger partial charge in [0.1, 0.15) is 0 Å². The Bertz CT molecular complexity index is 1000. The van der Waals surface area contributed by atoms with Gasteiger partial charge in [-0.25, -0.2) is 9.78 Å². The highest BCUT2D eigenvalue weighted by atomic mass is 16.5. The first kappa shape index (κ1) is 14.9. The fourth-order valence-electron chi connectivity index (χ4n) is 3.76. The third-order valence-electron chi connectivity index (χ3n) is 4.98. The van der Waals surface area contributed by atoms with Crippen LogP contribution in [0.4, 0.5) is 0 Å². The van der Waals surface area contributed by atoms with Gasteiger partial charge in [0.2, 0.25) is 0 Å². The Balaban J connectivity index is 2.00. The predicted molar refractivity (Wildman–Crippen MR) is 92.2 cm³/mol. The van der Waals surface area contributed by atoms with Crippen LogP contribution in [0.3, 0.4) is 0 Å². The second kappa shape index (κ2) is 5.16. The fraction of sp³-hybridized carbons (Fsp3) is 0.316. The quantitative estimate of drug-likeness (QED) is 0.646. The molecule has 5 heteroatoms. The summed E-state index contributed by atoms with van der Waals surface area (Å²) in [6, 6.07) is 5.55. The molecule has 3 aromatic rings. The Morgan fingerprint density at radius 3 is 2.79 bits per heavy atom. The van der Waals surface area contributed by atoms with E-state index in [9.17, 15) is 4.79 Å². The zero-order valence-corrected chi connectivity index (χ0v) is 14.3. The maximum atomic E-state index is 11.8. The highest BCUT2D eigenvalue weighted by Gasteiger charge is 2.26. The van der Waals surface area contributed by atoms with E-state index in [1.165, 1.54) is 29.5 Å². The number of aryl methyl sites for hydroxylation is 3. The van der Waals surface area contributed by atoms with Gasteiger partial charge in [-0.15, -0.1) is 0 Å². The van der Waals surface area contributed by atoms with E-state index in [4.69, 9.17) is 9.72 Å². The number of pyridine rings is 1. The van der Waals surface area contributed by atoms with Crippen molar-refractivity contribution in [3.8, 4) is 11.3 Å². The van der Waals surface area contributed by atoms with Crippen LogP contribution in [0.2, 0.25) is 0 Å². The van der Waals surface area contributed by atoms with Crippen LogP contribution < -0.4 is 0 Å². The molecule has 0 atom stereocenters. The third-order valence-corrected chi connectivity index (χ3v) is 4.98. The van der Waals surface area contributed by atoms with Crippen molar-refractivity contribution in [2.45, 2.75) is 26.7 Å². The zero-order chi connectivity index (χ0) is 17.0. The van der Waals surface area contributed by atoms with E-state index in [1.807, 2.05) is 30.8 Å². The number of carbonyl (C=O) groups is 1. The summed E-state index contributed by atoms with van der Waals surface area (Å²) in [6.07, 6.45) is 1.91. The molecule has 0 saturated carbocycles. The summed E-state index contributed by atoms with van der Waals surface area (Å²) in [6.45, 7) is 4.15. The Morgan fingerprint density at radius 1 is 1.25 bits per heavy atom. The summed E-state index contributed by atoms with van der Waals surface area (Å²) in [5.41, 5.74) is 8.38. The van der Waals surface area contributed by atoms with Crippen molar-refractivity contribution >= 4 is 16.9 Å². The van der Waals surface area contributed by atoms with Crippen molar-refractivity contribution in [2.75, 3.05) is 7.11 Å². The summed E-state index contributed by atoms with van der Waals surface area (Å²) < 4.78 is 6.80. The van der Waals surface area contributed by atoms with Gasteiger partial charge < -0.3 is 4.74 Å². The first-order chi connectivity index (χ1) is 11.5. The lowest BCUT2D eigenvalue weighted by atomic mass is 9.88. The molecular formula is C19H19N3O2. The lowest BCUT2D eigenvalue weighted by molar-refractivity contribution is 0.0601. The van der Waals surface area contributed by atoms with Crippen molar-refractivity contribution in [1.29, 1.82) is 0 Å². The molecule has 0 aliphatic heterocycles. The molecular weight excluding hydrogens is 302 g/mol. The molecule has 5 nitrogen and oxygen atoms in total. The molecule has 1 aliphatic carbocycles. The van der Waals surface area contributed by atoms with Crippen molar-refractivity contribution in [3.05, 3.63) is 46.3 Å². The van der Waals surface area contributed by atoms with Crippen molar-refractivity contribution in [2.24, 2.45) is 7.05 Å². The van der Waals surface area contributed by atoms with Crippen LogP contribution in [0.5, 0.6) is 0 Å². The minimum Gasteiger partial charge on any atom is -0.465 e. The smallest absolute Gasteiger partial charge is 0.337 e. The van der Waals surface area contributed by atoms with Crippen LogP contribution in [0.1, 0.15) is 32.9 Å². The van der Waals surface area contributed by atoms with Crippen LogP contribution in [-0.2, 0) is 24.6 Å². The minimum absolute atomic E-state index is 0.320. The molecule has 2 heterocycles. The molecule has 0 amide bonds. The van der Waals surface area contributed by atoms with Crippen molar-refractivity contribution in [3.63, 3.8) is 0 Å². The number of hydrogen-bond donors (Lipinski definition) is 0. The van der Waals surface area contributed by atoms with Gasteiger partial charge in [0.25, 0.3) is 0 Å². The molecule has 0 unspecified atom stereocenters. The zero-order valence-electron chi connectivity index (χ0n) is 14.3. The number of carbonyl (C=O) groups excluding carboxylic acids is 1. The Labute approximate surface area is 140 Å². The topological polar surface area (TPSA) is 57.0 Å². The van der Waals surface area contributed by atoms with Gasteiger partial charge in [-0.3, -0.25) is 4.68 Å². The lowest BCUT2D eigenvalue weighted by Crippen LogP contribution is -2.11. The van der Waals surface area contributed by atoms with E-state index in [0.29, 0.717) is 5.56 Å². The predicted octanol–water partition coefficient (Wildman–Crippen LogP) is 3.14. The first-order valence-corrected chi connectivity index (χ1v) is 8.05. The van der Waals surface area contributed by atoms with Gasteiger partial charge in [0, 0.05) is 23.7 Å². The monoisotopic (exact) mass is 321 g/mol. The van der Waals surface area contributed by atoms with Gasteiger partial charge in [-0.2, -0.15) is 5.10 Å². The van der Waals surface area contributed by atoms with Crippen LogP contribution in [-0.4, -0.2) is 27.8 Å². The van der Waals surface area contributed by atoms with E-state index < -0.39 is 0 Å². The van der Waals surface area contributed by atoms with Gasteiger partial charge in [0.05, 0.1) is 29.6 Å². The van der Waals surface area contributed by atoms with E-state index in [2.05, 4.69) is 12.0 Å². The second-order valence-electron chi connectivity index (χ2n) is 6.32. The molecule has 0 N–H and O–H groups in total. The summed E-state index contributed by atoms with van der Waals surface area (Å²) in [4.78, 5) is 16.7. The molecule has 0 radical (unpaired) electrons. The van der Waals surface area contributed by atoms with E-state index in [-0.39, 0.29) is 5.97 Å². The first-order valence-electron chi connectivity index (χ1n) is 8.05. The standard InChI is InChI=1S/C19H19N3O2/c1-10-13-6-8-16-17(11(2)21-22(16)3)18(13)20-15-7-5-12(9-14(10)15)19(23)24-4/h5,7,9H,6,8H2,1-4H3. The maximum Gasteiger partial charge on any atom is 0.337 e. The molecule has 1 aromatic carbocycles. The average molecular weight is 321 g/mol. The van der Waals surface area contributed by atoms with Gasteiger partial charge in [-0.1, -0.05) is 0 Å².